The molecule has 0 saturated heterocycles. The SMILES string of the molecule is CCCC(CCc1ccccc1)c1nc(-c2ccccc2)n(CC2CC2)n1. The standard InChI is InChI=1S/C24H29N3/c1-2-9-21(17-16-19-10-5-3-6-11-19)23-25-24(22-12-7-4-8-13-22)27(26-23)18-20-14-15-20/h3-8,10-13,20-21H,2,9,14-18H2,1H3. The van der Waals surface area contributed by atoms with Gasteiger partial charge in [-0.15, -0.1) is 0 Å². The Morgan fingerprint density at radius 2 is 1.67 bits per heavy atom. The summed E-state index contributed by atoms with van der Waals surface area (Å²) in [6, 6.07) is 21.3. The highest BCUT2D eigenvalue weighted by molar-refractivity contribution is 5.55. The number of aromatic nitrogens is 3. The quantitative estimate of drug-likeness (QED) is 0.478. The van der Waals surface area contributed by atoms with Gasteiger partial charge in [-0.2, -0.15) is 5.10 Å². The van der Waals surface area contributed by atoms with Gasteiger partial charge in [-0.3, -0.25) is 0 Å². The Kier molecular flexibility index (Phi) is 5.66. The monoisotopic (exact) mass is 359 g/mol. The molecule has 0 bridgehead atoms. The molecule has 1 atom stereocenters. The van der Waals surface area contributed by atoms with Crippen LogP contribution in [0, 0.1) is 5.92 Å². The Balaban J connectivity index is 1.58. The lowest BCUT2D eigenvalue weighted by Gasteiger charge is -2.12. The minimum atomic E-state index is 0.429. The number of benzene rings is 2. The van der Waals surface area contributed by atoms with Gasteiger partial charge in [-0.25, -0.2) is 9.67 Å². The van der Waals surface area contributed by atoms with Crippen molar-refractivity contribution in [2.75, 3.05) is 0 Å². The lowest BCUT2D eigenvalue weighted by atomic mass is 9.95. The highest BCUT2D eigenvalue weighted by Gasteiger charge is 2.26. The van der Waals surface area contributed by atoms with Crippen molar-refractivity contribution >= 4 is 0 Å². The molecule has 27 heavy (non-hydrogen) atoms. The average molecular weight is 360 g/mol. The fourth-order valence-corrected chi connectivity index (χ4v) is 3.74. The van der Waals surface area contributed by atoms with Crippen LogP contribution in [-0.2, 0) is 13.0 Å². The molecular formula is C24H29N3. The van der Waals surface area contributed by atoms with Crippen molar-refractivity contribution in [3.05, 3.63) is 72.1 Å². The second kappa shape index (κ2) is 8.51. The van der Waals surface area contributed by atoms with Gasteiger partial charge in [0.05, 0.1) is 0 Å². The molecule has 0 N–H and O–H groups in total. The summed E-state index contributed by atoms with van der Waals surface area (Å²) in [5.41, 5.74) is 2.58. The third-order valence-corrected chi connectivity index (χ3v) is 5.47. The first-order valence-electron chi connectivity index (χ1n) is 10.4. The van der Waals surface area contributed by atoms with E-state index in [4.69, 9.17) is 10.1 Å². The van der Waals surface area contributed by atoms with Crippen LogP contribution in [0.5, 0.6) is 0 Å². The molecule has 4 rings (SSSR count). The first-order chi connectivity index (χ1) is 13.3. The largest absolute Gasteiger partial charge is 0.245 e. The van der Waals surface area contributed by atoms with Crippen molar-refractivity contribution in [3.8, 4) is 11.4 Å². The molecule has 3 aromatic rings. The van der Waals surface area contributed by atoms with Crippen LogP contribution >= 0.6 is 0 Å². The highest BCUT2D eigenvalue weighted by atomic mass is 15.4. The third-order valence-electron chi connectivity index (χ3n) is 5.47. The van der Waals surface area contributed by atoms with E-state index in [1.54, 1.807) is 0 Å². The number of aryl methyl sites for hydroxylation is 1. The molecular weight excluding hydrogens is 330 g/mol. The van der Waals surface area contributed by atoms with Gasteiger partial charge in [0, 0.05) is 18.0 Å². The van der Waals surface area contributed by atoms with E-state index in [1.807, 2.05) is 0 Å². The predicted octanol–water partition coefficient (Wildman–Crippen LogP) is 5.87. The van der Waals surface area contributed by atoms with Crippen molar-refractivity contribution in [2.24, 2.45) is 5.92 Å². The molecule has 3 nitrogen and oxygen atoms in total. The maximum Gasteiger partial charge on any atom is 0.158 e. The van der Waals surface area contributed by atoms with Gasteiger partial charge in [0.2, 0.25) is 0 Å². The zero-order valence-electron chi connectivity index (χ0n) is 16.2. The van der Waals surface area contributed by atoms with Gasteiger partial charge in [0.25, 0.3) is 0 Å². The number of rotatable bonds is 9. The Bertz CT molecular complexity index is 835. The second-order valence-corrected chi connectivity index (χ2v) is 7.79. The molecule has 1 heterocycles. The summed E-state index contributed by atoms with van der Waals surface area (Å²) in [5.74, 6) is 3.29. The first-order valence-corrected chi connectivity index (χ1v) is 10.4. The molecule has 140 valence electrons. The summed E-state index contributed by atoms with van der Waals surface area (Å²) in [6.45, 7) is 3.27. The summed E-state index contributed by atoms with van der Waals surface area (Å²) >= 11 is 0. The first kappa shape index (κ1) is 18.0. The number of nitrogens with zero attached hydrogens (tertiary/aromatic N) is 3. The van der Waals surface area contributed by atoms with Crippen molar-refractivity contribution in [1.82, 2.24) is 14.8 Å². The Morgan fingerprint density at radius 1 is 0.963 bits per heavy atom. The van der Waals surface area contributed by atoms with Crippen LogP contribution in [0.1, 0.15) is 56.3 Å². The minimum Gasteiger partial charge on any atom is -0.245 e. The van der Waals surface area contributed by atoms with E-state index in [-0.39, 0.29) is 0 Å². The zero-order valence-corrected chi connectivity index (χ0v) is 16.2. The molecule has 1 fully saturated rings. The average Bonchev–Trinajstić information content (AvgIpc) is 3.43. The van der Waals surface area contributed by atoms with Crippen molar-refractivity contribution < 1.29 is 0 Å². The Hall–Kier alpha value is -2.42. The Labute approximate surface area is 162 Å². The minimum absolute atomic E-state index is 0.429. The lowest BCUT2D eigenvalue weighted by molar-refractivity contribution is 0.515. The van der Waals surface area contributed by atoms with E-state index in [2.05, 4.69) is 72.3 Å². The van der Waals surface area contributed by atoms with Crippen LogP contribution in [0.25, 0.3) is 11.4 Å². The number of hydrogen-bond donors (Lipinski definition) is 0. The fourth-order valence-electron chi connectivity index (χ4n) is 3.74. The topological polar surface area (TPSA) is 30.7 Å². The summed E-state index contributed by atoms with van der Waals surface area (Å²) in [5, 5.41) is 5.00. The van der Waals surface area contributed by atoms with Crippen LogP contribution in [0.3, 0.4) is 0 Å². The van der Waals surface area contributed by atoms with Gasteiger partial charge in [0.15, 0.2) is 11.6 Å². The molecule has 1 unspecified atom stereocenters. The maximum atomic E-state index is 5.04. The van der Waals surface area contributed by atoms with Gasteiger partial charge in [-0.05, 0) is 43.6 Å². The lowest BCUT2D eigenvalue weighted by Crippen LogP contribution is -2.07. The summed E-state index contributed by atoms with van der Waals surface area (Å²) < 4.78 is 2.17. The van der Waals surface area contributed by atoms with E-state index < -0.39 is 0 Å². The summed E-state index contributed by atoms with van der Waals surface area (Å²) in [7, 11) is 0. The number of hydrogen-bond acceptors (Lipinski definition) is 2. The molecule has 3 heteroatoms. The smallest absolute Gasteiger partial charge is 0.158 e. The van der Waals surface area contributed by atoms with Gasteiger partial charge in [-0.1, -0.05) is 74.0 Å². The van der Waals surface area contributed by atoms with Crippen LogP contribution in [-0.4, -0.2) is 14.8 Å². The molecule has 0 aliphatic heterocycles. The molecule has 0 spiro atoms. The normalized spacial score (nSPS) is 15.0. The zero-order chi connectivity index (χ0) is 18.5. The van der Waals surface area contributed by atoms with E-state index in [0.717, 1.165) is 49.8 Å². The van der Waals surface area contributed by atoms with Crippen LogP contribution < -0.4 is 0 Å². The highest BCUT2D eigenvalue weighted by Crippen LogP contribution is 2.33. The third kappa shape index (κ3) is 4.65. The summed E-state index contributed by atoms with van der Waals surface area (Å²) in [6.07, 6.45) is 7.17. The molecule has 1 aliphatic carbocycles. The van der Waals surface area contributed by atoms with Crippen LogP contribution in [0.4, 0.5) is 0 Å². The molecule has 2 aromatic carbocycles. The van der Waals surface area contributed by atoms with Crippen molar-refractivity contribution in [3.63, 3.8) is 0 Å². The van der Waals surface area contributed by atoms with E-state index in [1.165, 1.54) is 24.0 Å². The fraction of sp³-hybridized carbons (Fsp3) is 0.417. The van der Waals surface area contributed by atoms with Gasteiger partial charge < -0.3 is 0 Å². The van der Waals surface area contributed by atoms with Gasteiger partial charge >= 0.3 is 0 Å². The van der Waals surface area contributed by atoms with Crippen molar-refractivity contribution in [1.29, 1.82) is 0 Å². The van der Waals surface area contributed by atoms with Gasteiger partial charge in [0.1, 0.15) is 0 Å². The molecule has 0 amide bonds. The van der Waals surface area contributed by atoms with Crippen LogP contribution in [0.15, 0.2) is 60.7 Å². The van der Waals surface area contributed by atoms with E-state index >= 15 is 0 Å². The second-order valence-electron chi connectivity index (χ2n) is 7.79. The summed E-state index contributed by atoms with van der Waals surface area (Å²) in [4.78, 5) is 5.04. The molecule has 0 radical (unpaired) electrons. The maximum absolute atomic E-state index is 5.04. The predicted molar refractivity (Wildman–Crippen MR) is 111 cm³/mol. The van der Waals surface area contributed by atoms with Crippen LogP contribution in [0.2, 0.25) is 0 Å². The Morgan fingerprint density at radius 3 is 2.33 bits per heavy atom. The molecule has 1 saturated carbocycles. The van der Waals surface area contributed by atoms with E-state index in [0.29, 0.717) is 5.92 Å². The van der Waals surface area contributed by atoms with E-state index in [9.17, 15) is 0 Å². The molecule has 1 aromatic heterocycles. The van der Waals surface area contributed by atoms with Crippen molar-refractivity contribution in [2.45, 2.75) is 57.9 Å². The molecule has 1 aliphatic rings.